The Morgan fingerprint density at radius 3 is 2.78 bits per heavy atom. The number of amides is 1. The summed E-state index contributed by atoms with van der Waals surface area (Å²) in [7, 11) is 1.97. The van der Waals surface area contributed by atoms with Crippen LogP contribution in [0.2, 0.25) is 0 Å². The standard InChI is InChI=1S/C14H16N2O2/c1-15-6-5-11-3-2-4-12(13(11)15)14(17)16-7-9-18-10-8-16/h2-6H,7-10H2,1H3. The third-order valence-corrected chi connectivity index (χ3v) is 3.43. The summed E-state index contributed by atoms with van der Waals surface area (Å²) in [5.74, 6) is 0.103. The molecule has 0 spiro atoms. The molecule has 1 amide bonds. The van der Waals surface area contributed by atoms with E-state index in [1.165, 1.54) is 0 Å². The van der Waals surface area contributed by atoms with Gasteiger partial charge in [-0.2, -0.15) is 0 Å². The van der Waals surface area contributed by atoms with Crippen LogP contribution >= 0.6 is 0 Å². The van der Waals surface area contributed by atoms with E-state index in [0.717, 1.165) is 16.5 Å². The molecule has 4 nitrogen and oxygen atoms in total. The minimum atomic E-state index is 0.103. The lowest BCUT2D eigenvalue weighted by molar-refractivity contribution is 0.0304. The minimum Gasteiger partial charge on any atom is -0.378 e. The summed E-state index contributed by atoms with van der Waals surface area (Å²) in [5.41, 5.74) is 1.79. The number of nitrogens with zero attached hydrogens (tertiary/aromatic N) is 2. The Labute approximate surface area is 106 Å². The van der Waals surface area contributed by atoms with Crippen LogP contribution in [-0.4, -0.2) is 41.7 Å². The Morgan fingerprint density at radius 2 is 2.00 bits per heavy atom. The fourth-order valence-electron chi connectivity index (χ4n) is 2.47. The van der Waals surface area contributed by atoms with Crippen molar-refractivity contribution >= 4 is 16.8 Å². The fourth-order valence-corrected chi connectivity index (χ4v) is 2.47. The molecule has 0 radical (unpaired) electrons. The van der Waals surface area contributed by atoms with Crippen LogP contribution in [0.5, 0.6) is 0 Å². The molecule has 0 N–H and O–H groups in total. The summed E-state index contributed by atoms with van der Waals surface area (Å²) >= 11 is 0. The molecule has 94 valence electrons. The number of rotatable bonds is 1. The van der Waals surface area contributed by atoms with Gasteiger partial charge in [0.25, 0.3) is 5.91 Å². The molecule has 1 aliphatic rings. The van der Waals surface area contributed by atoms with E-state index >= 15 is 0 Å². The third-order valence-electron chi connectivity index (χ3n) is 3.43. The number of ether oxygens (including phenoxy) is 1. The first kappa shape index (κ1) is 11.3. The number of aromatic nitrogens is 1. The SMILES string of the molecule is Cn1ccc2cccc(C(=O)N3CCOCC3)c21. The third kappa shape index (κ3) is 1.78. The molecule has 1 aromatic carbocycles. The second kappa shape index (κ2) is 4.46. The van der Waals surface area contributed by atoms with Crippen LogP contribution in [0.3, 0.4) is 0 Å². The quantitative estimate of drug-likeness (QED) is 0.764. The van der Waals surface area contributed by atoms with Gasteiger partial charge in [-0.3, -0.25) is 4.79 Å². The molecular formula is C14H16N2O2. The number of aryl methyl sites for hydroxylation is 1. The average molecular weight is 244 g/mol. The lowest BCUT2D eigenvalue weighted by atomic mass is 10.1. The zero-order valence-electron chi connectivity index (χ0n) is 10.4. The van der Waals surface area contributed by atoms with Crippen LogP contribution in [0, 0.1) is 0 Å². The second-order valence-electron chi connectivity index (χ2n) is 4.57. The van der Waals surface area contributed by atoms with Gasteiger partial charge in [-0.25, -0.2) is 0 Å². The Balaban J connectivity index is 2.02. The number of fused-ring (bicyclic) bond motifs is 1. The maximum atomic E-state index is 12.5. The number of morpholine rings is 1. The smallest absolute Gasteiger partial charge is 0.256 e. The van der Waals surface area contributed by atoms with E-state index in [-0.39, 0.29) is 5.91 Å². The van der Waals surface area contributed by atoms with Crippen molar-refractivity contribution in [2.45, 2.75) is 0 Å². The van der Waals surface area contributed by atoms with Crippen molar-refractivity contribution in [3.63, 3.8) is 0 Å². The lowest BCUT2D eigenvalue weighted by Gasteiger charge is -2.27. The average Bonchev–Trinajstić information content (AvgIpc) is 2.81. The molecule has 1 saturated heterocycles. The summed E-state index contributed by atoms with van der Waals surface area (Å²) < 4.78 is 7.29. The van der Waals surface area contributed by atoms with Gasteiger partial charge >= 0.3 is 0 Å². The van der Waals surface area contributed by atoms with Gasteiger partial charge in [0.15, 0.2) is 0 Å². The lowest BCUT2D eigenvalue weighted by Crippen LogP contribution is -2.40. The van der Waals surface area contributed by atoms with E-state index in [9.17, 15) is 4.79 Å². The highest BCUT2D eigenvalue weighted by Gasteiger charge is 2.21. The monoisotopic (exact) mass is 244 g/mol. The summed E-state index contributed by atoms with van der Waals surface area (Å²) in [5, 5.41) is 1.11. The highest BCUT2D eigenvalue weighted by Crippen LogP contribution is 2.21. The van der Waals surface area contributed by atoms with Gasteiger partial charge in [-0.05, 0) is 12.1 Å². The molecule has 0 atom stereocenters. The van der Waals surface area contributed by atoms with Gasteiger partial charge in [-0.1, -0.05) is 12.1 Å². The Kier molecular flexibility index (Phi) is 2.80. The number of hydrogen-bond donors (Lipinski definition) is 0. The predicted molar refractivity (Wildman–Crippen MR) is 69.6 cm³/mol. The zero-order chi connectivity index (χ0) is 12.5. The Morgan fingerprint density at radius 1 is 1.22 bits per heavy atom. The van der Waals surface area contributed by atoms with Crippen molar-refractivity contribution in [2.75, 3.05) is 26.3 Å². The Bertz CT molecular complexity index is 582. The van der Waals surface area contributed by atoms with Crippen molar-refractivity contribution in [1.29, 1.82) is 0 Å². The van der Waals surface area contributed by atoms with Crippen molar-refractivity contribution in [1.82, 2.24) is 9.47 Å². The number of benzene rings is 1. The van der Waals surface area contributed by atoms with Crippen LogP contribution in [0.1, 0.15) is 10.4 Å². The number of para-hydroxylation sites is 1. The van der Waals surface area contributed by atoms with Crippen LogP contribution in [0.15, 0.2) is 30.5 Å². The maximum absolute atomic E-state index is 12.5. The molecule has 3 rings (SSSR count). The molecule has 2 aromatic rings. The van der Waals surface area contributed by atoms with E-state index < -0.39 is 0 Å². The fraction of sp³-hybridized carbons (Fsp3) is 0.357. The normalized spacial score (nSPS) is 16.2. The highest BCUT2D eigenvalue weighted by molar-refractivity contribution is 6.06. The predicted octanol–water partition coefficient (Wildman–Crippen LogP) is 1.65. The molecule has 18 heavy (non-hydrogen) atoms. The largest absolute Gasteiger partial charge is 0.378 e. The van der Waals surface area contributed by atoms with Crippen LogP contribution in [-0.2, 0) is 11.8 Å². The van der Waals surface area contributed by atoms with Crippen molar-refractivity contribution in [3.05, 3.63) is 36.0 Å². The molecule has 0 aliphatic carbocycles. The molecule has 1 fully saturated rings. The topological polar surface area (TPSA) is 34.5 Å². The van der Waals surface area contributed by atoms with E-state index in [1.54, 1.807) is 0 Å². The van der Waals surface area contributed by atoms with Gasteiger partial charge in [-0.15, -0.1) is 0 Å². The highest BCUT2D eigenvalue weighted by atomic mass is 16.5. The van der Waals surface area contributed by atoms with E-state index in [2.05, 4.69) is 0 Å². The first-order valence-corrected chi connectivity index (χ1v) is 6.18. The van der Waals surface area contributed by atoms with Crippen LogP contribution in [0.4, 0.5) is 0 Å². The molecular weight excluding hydrogens is 228 g/mol. The van der Waals surface area contributed by atoms with Gasteiger partial charge in [0.05, 0.1) is 24.3 Å². The summed E-state index contributed by atoms with van der Waals surface area (Å²) in [6, 6.07) is 7.91. The molecule has 4 heteroatoms. The molecule has 1 aliphatic heterocycles. The van der Waals surface area contributed by atoms with E-state index in [4.69, 9.17) is 4.74 Å². The molecule has 0 bridgehead atoms. The van der Waals surface area contributed by atoms with Crippen molar-refractivity contribution in [3.8, 4) is 0 Å². The van der Waals surface area contributed by atoms with Crippen LogP contribution in [0.25, 0.3) is 10.9 Å². The van der Waals surface area contributed by atoms with Gasteiger partial charge in [0, 0.05) is 31.7 Å². The molecule has 1 aromatic heterocycles. The first-order valence-electron chi connectivity index (χ1n) is 6.18. The molecule has 2 heterocycles. The van der Waals surface area contributed by atoms with Crippen LogP contribution < -0.4 is 0 Å². The second-order valence-corrected chi connectivity index (χ2v) is 4.57. The summed E-state index contributed by atoms with van der Waals surface area (Å²) in [6.07, 6.45) is 1.99. The first-order chi connectivity index (χ1) is 8.77. The van der Waals surface area contributed by atoms with E-state index in [1.807, 2.05) is 47.0 Å². The molecule has 0 unspecified atom stereocenters. The van der Waals surface area contributed by atoms with Gasteiger partial charge in [0.1, 0.15) is 0 Å². The number of hydrogen-bond acceptors (Lipinski definition) is 2. The van der Waals surface area contributed by atoms with Gasteiger partial charge in [0.2, 0.25) is 0 Å². The van der Waals surface area contributed by atoms with Crippen molar-refractivity contribution < 1.29 is 9.53 Å². The number of carbonyl (C=O) groups excluding carboxylic acids is 1. The van der Waals surface area contributed by atoms with Crippen molar-refractivity contribution in [2.24, 2.45) is 7.05 Å². The summed E-state index contributed by atoms with van der Waals surface area (Å²) in [6.45, 7) is 2.63. The van der Waals surface area contributed by atoms with E-state index in [0.29, 0.717) is 26.3 Å². The maximum Gasteiger partial charge on any atom is 0.256 e. The number of carbonyl (C=O) groups is 1. The van der Waals surface area contributed by atoms with Gasteiger partial charge < -0.3 is 14.2 Å². The molecule has 0 saturated carbocycles. The Hall–Kier alpha value is -1.81. The zero-order valence-corrected chi connectivity index (χ0v) is 10.4. The minimum absolute atomic E-state index is 0.103. The summed E-state index contributed by atoms with van der Waals surface area (Å²) in [4.78, 5) is 14.4.